The lowest BCUT2D eigenvalue weighted by Crippen LogP contribution is -2.19. The smallest absolute Gasteiger partial charge is 0.262 e. The molecule has 0 amide bonds. The largest absolute Gasteiger partial charge is 0.490 e. The Hall–Kier alpha value is -3.42. The summed E-state index contributed by atoms with van der Waals surface area (Å²) in [6.07, 6.45) is 4.33. The SMILES string of the molecule is O=C1CCCc2c1cnc1nc(NCc3ccc4c(c3)OCCCO4)[nH]c(=O)c21. The Bertz CT molecular complexity index is 1170. The van der Waals surface area contributed by atoms with Crippen LogP contribution in [0.1, 0.15) is 40.7 Å². The number of carbonyl (C=O) groups is 1. The van der Waals surface area contributed by atoms with Crippen molar-refractivity contribution in [3.8, 4) is 11.5 Å². The molecular weight excluding hydrogens is 372 g/mol. The highest BCUT2D eigenvalue weighted by Crippen LogP contribution is 2.30. The topological polar surface area (TPSA) is 106 Å². The van der Waals surface area contributed by atoms with E-state index in [2.05, 4.69) is 20.3 Å². The lowest BCUT2D eigenvalue weighted by Gasteiger charge is -2.16. The Morgan fingerprint density at radius 1 is 1.07 bits per heavy atom. The van der Waals surface area contributed by atoms with Gasteiger partial charge in [-0.05, 0) is 36.1 Å². The second kappa shape index (κ2) is 7.20. The van der Waals surface area contributed by atoms with E-state index in [1.807, 2.05) is 18.2 Å². The number of aryl methyl sites for hydroxylation is 1. The van der Waals surface area contributed by atoms with Crippen LogP contribution in [-0.4, -0.2) is 33.9 Å². The molecule has 8 heteroatoms. The van der Waals surface area contributed by atoms with Crippen LogP contribution in [0.3, 0.4) is 0 Å². The number of hydrogen-bond donors (Lipinski definition) is 2. The van der Waals surface area contributed by atoms with E-state index in [1.54, 1.807) is 6.20 Å². The maximum Gasteiger partial charge on any atom is 0.262 e. The van der Waals surface area contributed by atoms with Crippen LogP contribution in [0.2, 0.25) is 0 Å². The van der Waals surface area contributed by atoms with Gasteiger partial charge in [0.15, 0.2) is 22.9 Å². The lowest BCUT2D eigenvalue weighted by atomic mass is 9.90. The van der Waals surface area contributed by atoms with Gasteiger partial charge >= 0.3 is 0 Å². The minimum atomic E-state index is -0.282. The molecule has 0 saturated heterocycles. The average molecular weight is 392 g/mol. The molecule has 29 heavy (non-hydrogen) atoms. The zero-order valence-electron chi connectivity index (χ0n) is 15.8. The molecule has 0 fully saturated rings. The molecule has 0 unspecified atom stereocenters. The number of ketones is 1. The highest BCUT2D eigenvalue weighted by atomic mass is 16.5. The van der Waals surface area contributed by atoms with Crippen molar-refractivity contribution >= 4 is 22.8 Å². The zero-order chi connectivity index (χ0) is 19.8. The third-order valence-electron chi connectivity index (χ3n) is 5.25. The first-order valence-corrected chi connectivity index (χ1v) is 9.76. The first-order valence-electron chi connectivity index (χ1n) is 9.76. The normalized spacial score (nSPS) is 15.7. The molecule has 2 aliphatic rings. The summed E-state index contributed by atoms with van der Waals surface area (Å²) in [6, 6.07) is 5.76. The number of hydrogen-bond acceptors (Lipinski definition) is 7. The number of carbonyl (C=O) groups excluding carboxylic acids is 1. The molecule has 0 radical (unpaired) electrons. The van der Waals surface area contributed by atoms with E-state index < -0.39 is 0 Å². The molecule has 148 valence electrons. The molecule has 1 aromatic carbocycles. The number of Topliss-reactive ketones (excluding diaryl/α,β-unsaturated/α-hetero) is 1. The van der Waals surface area contributed by atoms with Crippen LogP contribution in [0.25, 0.3) is 11.0 Å². The van der Waals surface area contributed by atoms with E-state index >= 15 is 0 Å². The number of rotatable bonds is 3. The van der Waals surface area contributed by atoms with E-state index in [-0.39, 0.29) is 11.3 Å². The van der Waals surface area contributed by atoms with Gasteiger partial charge in [0.1, 0.15) is 0 Å². The number of nitrogens with zero attached hydrogens (tertiary/aromatic N) is 2. The maximum atomic E-state index is 12.7. The second-order valence-electron chi connectivity index (χ2n) is 7.23. The molecule has 1 aliphatic heterocycles. The molecule has 3 aromatic rings. The van der Waals surface area contributed by atoms with Crippen LogP contribution in [0.15, 0.2) is 29.2 Å². The summed E-state index contributed by atoms with van der Waals surface area (Å²) in [5.74, 6) is 1.84. The molecule has 2 N–H and O–H groups in total. The van der Waals surface area contributed by atoms with Gasteiger partial charge in [0.2, 0.25) is 5.95 Å². The van der Waals surface area contributed by atoms with E-state index in [0.717, 1.165) is 35.5 Å². The third kappa shape index (κ3) is 3.30. The van der Waals surface area contributed by atoms with Crippen LogP contribution in [0, 0.1) is 0 Å². The van der Waals surface area contributed by atoms with Gasteiger partial charge in [0, 0.05) is 31.1 Å². The highest BCUT2D eigenvalue weighted by Gasteiger charge is 2.22. The van der Waals surface area contributed by atoms with Gasteiger partial charge < -0.3 is 14.8 Å². The fourth-order valence-corrected chi connectivity index (χ4v) is 3.81. The number of benzene rings is 1. The van der Waals surface area contributed by atoms with Gasteiger partial charge in [0.25, 0.3) is 5.56 Å². The molecular formula is C21H20N4O4. The van der Waals surface area contributed by atoms with Crippen molar-refractivity contribution in [1.29, 1.82) is 0 Å². The average Bonchev–Trinajstić information content (AvgIpc) is 2.97. The number of ether oxygens (including phenoxy) is 2. The Balaban J connectivity index is 1.42. The van der Waals surface area contributed by atoms with Gasteiger partial charge in [-0.1, -0.05) is 6.07 Å². The fraction of sp³-hybridized carbons (Fsp3) is 0.333. The number of H-pyrrole nitrogens is 1. The summed E-state index contributed by atoms with van der Waals surface area (Å²) in [5, 5.41) is 3.55. The molecule has 0 spiro atoms. The zero-order valence-corrected chi connectivity index (χ0v) is 15.8. The van der Waals surface area contributed by atoms with E-state index in [0.29, 0.717) is 55.1 Å². The molecule has 3 heterocycles. The first kappa shape index (κ1) is 17.7. The summed E-state index contributed by atoms with van der Waals surface area (Å²) in [5.41, 5.74) is 2.35. The Labute approximate surface area is 166 Å². The summed E-state index contributed by atoms with van der Waals surface area (Å²) < 4.78 is 11.4. The van der Waals surface area contributed by atoms with Crippen molar-refractivity contribution in [2.24, 2.45) is 0 Å². The Morgan fingerprint density at radius 2 is 1.93 bits per heavy atom. The number of pyridine rings is 1. The molecule has 0 bridgehead atoms. The Morgan fingerprint density at radius 3 is 2.83 bits per heavy atom. The van der Waals surface area contributed by atoms with E-state index in [1.165, 1.54) is 0 Å². The lowest BCUT2D eigenvalue weighted by molar-refractivity contribution is 0.0972. The summed E-state index contributed by atoms with van der Waals surface area (Å²) in [4.78, 5) is 36.3. The van der Waals surface area contributed by atoms with Crippen molar-refractivity contribution < 1.29 is 14.3 Å². The van der Waals surface area contributed by atoms with Gasteiger partial charge in [-0.2, -0.15) is 4.98 Å². The van der Waals surface area contributed by atoms with Crippen LogP contribution in [0.4, 0.5) is 5.95 Å². The molecule has 8 nitrogen and oxygen atoms in total. The predicted molar refractivity (Wildman–Crippen MR) is 107 cm³/mol. The van der Waals surface area contributed by atoms with Crippen molar-refractivity contribution in [3.05, 3.63) is 51.4 Å². The number of nitrogens with one attached hydrogen (secondary N) is 2. The number of aromatic nitrogens is 3. The highest BCUT2D eigenvalue weighted by molar-refractivity contribution is 6.01. The maximum absolute atomic E-state index is 12.7. The monoisotopic (exact) mass is 392 g/mol. The van der Waals surface area contributed by atoms with Gasteiger partial charge in [0.05, 0.1) is 18.6 Å². The molecule has 1 aliphatic carbocycles. The van der Waals surface area contributed by atoms with Crippen LogP contribution in [-0.2, 0) is 13.0 Å². The molecule has 5 rings (SSSR count). The van der Waals surface area contributed by atoms with Gasteiger partial charge in [-0.15, -0.1) is 0 Å². The standard InChI is InChI=1S/C21H20N4O4/c26-15-4-1-3-13-14(15)11-22-19-18(13)20(27)25-21(24-19)23-10-12-5-6-16-17(9-12)29-8-2-7-28-16/h5-6,9,11H,1-4,7-8,10H2,(H2,22,23,24,25,27). The summed E-state index contributed by atoms with van der Waals surface area (Å²) in [6.45, 7) is 1.73. The van der Waals surface area contributed by atoms with Crippen molar-refractivity contribution in [2.45, 2.75) is 32.2 Å². The van der Waals surface area contributed by atoms with Crippen molar-refractivity contribution in [2.75, 3.05) is 18.5 Å². The van der Waals surface area contributed by atoms with E-state index in [9.17, 15) is 9.59 Å². The number of aromatic amines is 1. The quantitative estimate of drug-likeness (QED) is 0.706. The molecule has 0 saturated carbocycles. The predicted octanol–water partition coefficient (Wildman–Crippen LogP) is 2.61. The summed E-state index contributed by atoms with van der Waals surface area (Å²) in [7, 11) is 0. The van der Waals surface area contributed by atoms with Crippen LogP contribution >= 0.6 is 0 Å². The molecule has 0 atom stereocenters. The van der Waals surface area contributed by atoms with Gasteiger partial charge in [-0.3, -0.25) is 14.6 Å². The molecule has 2 aromatic heterocycles. The van der Waals surface area contributed by atoms with Crippen LogP contribution < -0.4 is 20.3 Å². The summed E-state index contributed by atoms with van der Waals surface area (Å²) >= 11 is 0. The van der Waals surface area contributed by atoms with Crippen LogP contribution in [0.5, 0.6) is 11.5 Å². The van der Waals surface area contributed by atoms with Crippen molar-refractivity contribution in [1.82, 2.24) is 15.0 Å². The number of fused-ring (bicyclic) bond motifs is 4. The van der Waals surface area contributed by atoms with E-state index in [4.69, 9.17) is 9.47 Å². The minimum absolute atomic E-state index is 0.0386. The van der Waals surface area contributed by atoms with Gasteiger partial charge in [-0.25, -0.2) is 4.98 Å². The third-order valence-corrected chi connectivity index (χ3v) is 5.25. The first-order chi connectivity index (χ1) is 14.2. The number of anilines is 1. The minimum Gasteiger partial charge on any atom is -0.490 e. The fourth-order valence-electron chi connectivity index (χ4n) is 3.81. The Kier molecular flexibility index (Phi) is 4.38. The second-order valence-corrected chi connectivity index (χ2v) is 7.23. The van der Waals surface area contributed by atoms with Crippen molar-refractivity contribution in [3.63, 3.8) is 0 Å².